The van der Waals surface area contributed by atoms with Gasteiger partial charge in [0, 0.05) is 69.0 Å². The minimum absolute atomic E-state index is 1.01. The molecule has 0 saturated heterocycles. The number of benzene rings is 9. The summed E-state index contributed by atoms with van der Waals surface area (Å²) in [5.74, 6) is 0. The maximum atomic E-state index is 4.57. The predicted octanol–water partition coefficient (Wildman–Crippen LogP) is 16.1. The Kier molecular flexibility index (Phi) is 7.31. The van der Waals surface area contributed by atoms with E-state index in [2.05, 4.69) is 192 Å². The maximum Gasteiger partial charge on any atom is 0.0708 e. The molecule has 0 bridgehead atoms. The molecule has 12 rings (SSSR count). The first kappa shape index (κ1) is 32.4. The summed E-state index contributed by atoms with van der Waals surface area (Å²) < 4.78 is 5.21. The first-order valence-corrected chi connectivity index (χ1v) is 20.9. The third-order valence-electron chi connectivity index (χ3n) is 11.4. The smallest absolute Gasteiger partial charge is 0.0708 e. The lowest BCUT2D eigenvalue weighted by atomic mass is 9.99. The van der Waals surface area contributed by atoms with Gasteiger partial charge in [0.05, 0.1) is 5.52 Å². The molecule has 0 spiro atoms. The number of hydrogen-bond acceptors (Lipinski definition) is 4. The number of nitrogens with zero attached hydrogens (tertiary/aromatic N) is 2. The fraction of sp³-hybridized carbons (Fsp3) is 0. The Morgan fingerprint density at radius 2 is 0.754 bits per heavy atom. The van der Waals surface area contributed by atoms with Gasteiger partial charge in [-0.15, -0.1) is 22.7 Å². The van der Waals surface area contributed by atoms with Gasteiger partial charge >= 0.3 is 0 Å². The van der Waals surface area contributed by atoms with Crippen LogP contribution in [0.2, 0.25) is 0 Å². The zero-order valence-electron chi connectivity index (χ0n) is 30.7. The molecule has 12 aromatic rings. The first-order chi connectivity index (χ1) is 28.2. The molecule has 0 saturated carbocycles. The highest BCUT2D eigenvalue weighted by atomic mass is 32.1. The van der Waals surface area contributed by atoms with E-state index in [0.29, 0.717) is 0 Å². The summed E-state index contributed by atoms with van der Waals surface area (Å²) in [6.45, 7) is 0. The third-order valence-corrected chi connectivity index (χ3v) is 13.7. The van der Waals surface area contributed by atoms with Crippen molar-refractivity contribution in [3.05, 3.63) is 194 Å². The number of anilines is 3. The molecule has 9 aromatic carbocycles. The van der Waals surface area contributed by atoms with Crippen molar-refractivity contribution in [2.45, 2.75) is 0 Å². The van der Waals surface area contributed by atoms with Crippen LogP contribution in [0, 0.1) is 0 Å². The number of hydrogen-bond donors (Lipinski definition) is 0. The average Bonchev–Trinajstić information content (AvgIpc) is 3.81. The van der Waals surface area contributed by atoms with E-state index in [1.54, 1.807) is 0 Å². The highest BCUT2D eigenvalue weighted by Crippen LogP contribution is 2.44. The number of rotatable bonds is 5. The summed E-state index contributed by atoms with van der Waals surface area (Å²) >= 11 is 3.75. The Morgan fingerprint density at radius 1 is 0.316 bits per heavy atom. The highest BCUT2D eigenvalue weighted by molar-refractivity contribution is 7.26. The van der Waals surface area contributed by atoms with Crippen molar-refractivity contribution in [3.63, 3.8) is 0 Å². The van der Waals surface area contributed by atoms with Gasteiger partial charge in [0.2, 0.25) is 0 Å². The summed E-state index contributed by atoms with van der Waals surface area (Å²) in [5.41, 5.74) is 9.16. The van der Waals surface area contributed by atoms with Gasteiger partial charge in [-0.3, -0.25) is 4.98 Å². The van der Waals surface area contributed by atoms with Crippen LogP contribution in [0.3, 0.4) is 0 Å². The lowest BCUT2D eigenvalue weighted by Gasteiger charge is -2.26. The van der Waals surface area contributed by atoms with Crippen LogP contribution in [-0.4, -0.2) is 4.98 Å². The Hall–Kier alpha value is -6.85. The van der Waals surface area contributed by atoms with Crippen molar-refractivity contribution in [2.24, 2.45) is 0 Å². The zero-order valence-corrected chi connectivity index (χ0v) is 32.3. The van der Waals surface area contributed by atoms with E-state index in [0.717, 1.165) is 28.0 Å². The molecular formula is C53H32N2S2. The van der Waals surface area contributed by atoms with Gasteiger partial charge in [-0.05, 0) is 117 Å². The van der Waals surface area contributed by atoms with Crippen LogP contribution < -0.4 is 4.90 Å². The molecule has 0 aliphatic carbocycles. The standard InChI is InChI=1S/C53H32N2S2/c1-3-8-39-29-50-47(26-37(39)6-1)45-23-21-43(31-52(45)56-50)55(44-22-24-46-48-27-38-7-2-4-9-40(38)30-51(48)57-53(46)32-44)42-19-17-34(18-20-42)33-11-13-35(14-12-33)41-16-15-36-10-5-25-54-49(36)28-41/h1-32H. The van der Waals surface area contributed by atoms with Crippen molar-refractivity contribution in [1.82, 2.24) is 4.98 Å². The van der Waals surface area contributed by atoms with E-state index in [1.165, 1.54) is 84.1 Å². The molecule has 0 atom stereocenters. The molecular weight excluding hydrogens is 729 g/mol. The van der Waals surface area contributed by atoms with Crippen molar-refractivity contribution in [1.29, 1.82) is 0 Å². The van der Waals surface area contributed by atoms with Gasteiger partial charge in [-0.1, -0.05) is 115 Å². The minimum atomic E-state index is 1.01. The minimum Gasteiger partial charge on any atom is -0.310 e. The molecule has 0 amide bonds. The third kappa shape index (κ3) is 5.48. The Balaban J connectivity index is 0.957. The average molecular weight is 761 g/mol. The van der Waals surface area contributed by atoms with E-state index in [-0.39, 0.29) is 0 Å². The van der Waals surface area contributed by atoms with Crippen molar-refractivity contribution in [2.75, 3.05) is 4.90 Å². The molecule has 0 aliphatic rings. The Labute approximate surface area is 337 Å². The second-order valence-electron chi connectivity index (χ2n) is 14.8. The molecule has 0 N–H and O–H groups in total. The van der Waals surface area contributed by atoms with Crippen LogP contribution in [0.15, 0.2) is 194 Å². The molecule has 266 valence electrons. The van der Waals surface area contributed by atoms with E-state index >= 15 is 0 Å². The summed E-state index contributed by atoms with van der Waals surface area (Å²) in [6.07, 6.45) is 1.85. The molecule has 57 heavy (non-hydrogen) atoms. The Morgan fingerprint density at radius 3 is 1.32 bits per heavy atom. The first-order valence-electron chi connectivity index (χ1n) is 19.2. The molecule has 3 aromatic heterocycles. The second kappa shape index (κ2) is 12.9. The fourth-order valence-corrected chi connectivity index (χ4v) is 10.9. The summed E-state index contributed by atoms with van der Waals surface area (Å²) in [5, 5.41) is 11.5. The van der Waals surface area contributed by atoms with Crippen LogP contribution in [0.5, 0.6) is 0 Å². The summed E-state index contributed by atoms with van der Waals surface area (Å²) in [4.78, 5) is 6.98. The molecule has 0 aliphatic heterocycles. The normalized spacial score (nSPS) is 11.9. The van der Waals surface area contributed by atoms with Crippen LogP contribution >= 0.6 is 22.7 Å². The quantitative estimate of drug-likeness (QED) is 0.174. The SMILES string of the molecule is c1ccc2cc3c(cc2c1)sc1cc(N(c2ccc(-c4ccc(-c5ccc6cccnc6c5)cc4)cc2)c2ccc4c(c2)sc2cc5ccccc5cc24)ccc13. The molecule has 0 fully saturated rings. The van der Waals surface area contributed by atoms with Crippen molar-refractivity contribution < 1.29 is 0 Å². The second-order valence-corrected chi connectivity index (χ2v) is 17.0. The maximum absolute atomic E-state index is 4.57. The Bertz CT molecular complexity index is 3370. The molecule has 2 nitrogen and oxygen atoms in total. The topological polar surface area (TPSA) is 16.1 Å². The van der Waals surface area contributed by atoms with Gasteiger partial charge in [0.15, 0.2) is 0 Å². The van der Waals surface area contributed by atoms with Crippen LogP contribution in [0.4, 0.5) is 17.1 Å². The van der Waals surface area contributed by atoms with Crippen molar-refractivity contribution >= 4 is 113 Å². The van der Waals surface area contributed by atoms with Crippen LogP contribution in [0.25, 0.3) is 95.0 Å². The molecule has 0 radical (unpaired) electrons. The number of aromatic nitrogens is 1. The van der Waals surface area contributed by atoms with E-state index in [4.69, 9.17) is 0 Å². The van der Waals surface area contributed by atoms with E-state index in [9.17, 15) is 0 Å². The van der Waals surface area contributed by atoms with Crippen molar-refractivity contribution in [3.8, 4) is 22.3 Å². The van der Waals surface area contributed by atoms with Gasteiger partial charge in [0.1, 0.15) is 0 Å². The van der Waals surface area contributed by atoms with E-state index < -0.39 is 0 Å². The van der Waals surface area contributed by atoms with E-state index in [1.807, 2.05) is 34.9 Å². The summed E-state index contributed by atoms with van der Waals surface area (Å²) in [6, 6.07) is 69.2. The van der Waals surface area contributed by atoms with Gasteiger partial charge < -0.3 is 4.90 Å². The lowest BCUT2D eigenvalue weighted by Crippen LogP contribution is -2.09. The number of pyridine rings is 1. The van der Waals surface area contributed by atoms with Crippen LogP contribution in [-0.2, 0) is 0 Å². The lowest BCUT2D eigenvalue weighted by molar-refractivity contribution is 1.30. The van der Waals surface area contributed by atoms with Gasteiger partial charge in [-0.2, -0.15) is 0 Å². The van der Waals surface area contributed by atoms with Gasteiger partial charge in [-0.25, -0.2) is 0 Å². The number of thiophene rings is 2. The molecule has 3 heterocycles. The van der Waals surface area contributed by atoms with Crippen LogP contribution in [0.1, 0.15) is 0 Å². The van der Waals surface area contributed by atoms with Gasteiger partial charge in [0.25, 0.3) is 0 Å². The molecule has 4 heteroatoms. The fourth-order valence-electron chi connectivity index (χ4n) is 8.53. The number of fused-ring (bicyclic) bond motifs is 9. The zero-order chi connectivity index (χ0) is 37.5. The summed E-state index contributed by atoms with van der Waals surface area (Å²) in [7, 11) is 0. The largest absolute Gasteiger partial charge is 0.310 e. The highest BCUT2D eigenvalue weighted by Gasteiger charge is 2.18. The molecule has 0 unspecified atom stereocenters. The monoisotopic (exact) mass is 760 g/mol. The predicted molar refractivity (Wildman–Crippen MR) is 248 cm³/mol.